The second kappa shape index (κ2) is 11.1. The Hall–Kier alpha value is -3.86. The van der Waals surface area contributed by atoms with E-state index >= 15 is 8.78 Å². The van der Waals surface area contributed by atoms with Crippen LogP contribution in [0.3, 0.4) is 0 Å². The molecule has 0 radical (unpaired) electrons. The third kappa shape index (κ3) is 4.89. The molecule has 4 aliphatic rings. The lowest BCUT2D eigenvalue weighted by Gasteiger charge is -2.56. The number of benzene rings is 2. The van der Waals surface area contributed by atoms with E-state index in [1.165, 1.54) is 26.2 Å². The van der Waals surface area contributed by atoms with Gasteiger partial charge in [0.05, 0.1) is 12.7 Å². The lowest BCUT2D eigenvalue weighted by molar-refractivity contribution is -0.362. The van der Waals surface area contributed by atoms with Crippen LogP contribution in [0.1, 0.15) is 84.1 Å². The molecular weight excluding hydrogens is 609 g/mol. The number of fused-ring (bicyclic) bond motifs is 4. The standard InChI is InChI=1S/C35H34F5NO5/c1-32-18-27(19-3-5-20(6-4-19)30(43)41-23-10-7-21(8-11-23)31(44)46-2)29-25-14-12-24(42)17-22(25)9-13-26(29)28(32)15-16-33(32,45)34(36,37)35(38,39)40/h3-8,10-11,17,26-28,45H,9,12-16,18H2,1-2H3,(H,41,43)/t26?,27-,28+,32?,33+/m1/s1. The molecule has 244 valence electrons. The highest BCUT2D eigenvalue weighted by molar-refractivity contribution is 6.04. The minimum Gasteiger partial charge on any atom is -0.465 e. The van der Waals surface area contributed by atoms with Crippen LogP contribution in [0.25, 0.3) is 0 Å². The van der Waals surface area contributed by atoms with Crippen molar-refractivity contribution in [2.45, 2.75) is 75.5 Å². The number of rotatable bonds is 5. The number of methoxy groups -OCH3 is 1. The number of hydrogen-bond acceptors (Lipinski definition) is 5. The van der Waals surface area contributed by atoms with E-state index in [0.29, 0.717) is 42.5 Å². The van der Waals surface area contributed by atoms with Gasteiger partial charge in [-0.3, -0.25) is 9.59 Å². The summed E-state index contributed by atoms with van der Waals surface area (Å²) in [5.41, 5.74) is -0.582. The van der Waals surface area contributed by atoms with Gasteiger partial charge in [-0.05, 0) is 110 Å². The third-order valence-corrected chi connectivity index (χ3v) is 10.9. The first-order valence-corrected chi connectivity index (χ1v) is 15.3. The zero-order valence-electron chi connectivity index (χ0n) is 25.3. The number of carbonyl (C=O) groups is 3. The number of aliphatic hydroxyl groups is 1. The molecule has 2 saturated carbocycles. The average Bonchev–Trinajstić information content (AvgIpc) is 3.31. The van der Waals surface area contributed by atoms with Crippen LogP contribution in [0.4, 0.5) is 27.6 Å². The van der Waals surface area contributed by atoms with Crippen molar-refractivity contribution in [3.63, 3.8) is 0 Å². The van der Waals surface area contributed by atoms with Crippen LogP contribution >= 0.6 is 0 Å². The van der Waals surface area contributed by atoms with Crippen LogP contribution in [0, 0.1) is 17.3 Å². The maximum atomic E-state index is 15.2. The Kier molecular flexibility index (Phi) is 7.77. The Morgan fingerprint density at radius 3 is 2.22 bits per heavy atom. The number of ether oxygens (including phenoxy) is 1. The number of alkyl halides is 5. The summed E-state index contributed by atoms with van der Waals surface area (Å²) >= 11 is 0. The van der Waals surface area contributed by atoms with Gasteiger partial charge in [-0.25, -0.2) is 4.79 Å². The second-order valence-electron chi connectivity index (χ2n) is 13.1. The summed E-state index contributed by atoms with van der Waals surface area (Å²) in [6.45, 7) is 1.38. The van der Waals surface area contributed by atoms with Crippen molar-refractivity contribution in [2.24, 2.45) is 17.3 Å². The van der Waals surface area contributed by atoms with Gasteiger partial charge in [-0.15, -0.1) is 0 Å². The van der Waals surface area contributed by atoms with Gasteiger partial charge in [0.1, 0.15) is 5.60 Å². The largest absolute Gasteiger partial charge is 0.465 e. The molecule has 5 atom stereocenters. The van der Waals surface area contributed by atoms with Gasteiger partial charge in [-0.1, -0.05) is 24.6 Å². The van der Waals surface area contributed by atoms with Crippen LogP contribution < -0.4 is 5.32 Å². The monoisotopic (exact) mass is 643 g/mol. The molecule has 0 aliphatic heterocycles. The molecule has 2 aromatic rings. The Balaban J connectivity index is 1.36. The molecule has 2 N–H and O–H groups in total. The molecule has 2 unspecified atom stereocenters. The molecule has 46 heavy (non-hydrogen) atoms. The van der Waals surface area contributed by atoms with Crippen molar-refractivity contribution >= 4 is 23.3 Å². The highest BCUT2D eigenvalue weighted by atomic mass is 19.4. The zero-order valence-corrected chi connectivity index (χ0v) is 25.3. The van der Waals surface area contributed by atoms with Gasteiger partial charge >= 0.3 is 18.1 Å². The van der Waals surface area contributed by atoms with E-state index in [1.807, 2.05) is 0 Å². The fraction of sp³-hybridized carbons (Fsp3) is 0.457. The number of nitrogens with one attached hydrogen (secondary N) is 1. The van der Waals surface area contributed by atoms with Gasteiger partial charge in [-0.2, -0.15) is 22.0 Å². The Morgan fingerprint density at radius 2 is 1.59 bits per heavy atom. The molecule has 0 bridgehead atoms. The average molecular weight is 644 g/mol. The second-order valence-corrected chi connectivity index (χ2v) is 13.1. The molecule has 1 amide bonds. The van der Waals surface area contributed by atoms with Crippen molar-refractivity contribution in [2.75, 3.05) is 12.4 Å². The molecule has 6 nitrogen and oxygen atoms in total. The summed E-state index contributed by atoms with van der Waals surface area (Å²) in [6.07, 6.45) is -3.32. The summed E-state index contributed by atoms with van der Waals surface area (Å²) in [4.78, 5) is 37.0. The number of allylic oxidation sites excluding steroid dienone is 4. The van der Waals surface area contributed by atoms with E-state index in [2.05, 4.69) is 10.1 Å². The van der Waals surface area contributed by atoms with Crippen molar-refractivity contribution < 1.29 is 46.2 Å². The molecular formula is C35H34F5NO5. The topological polar surface area (TPSA) is 92.7 Å². The van der Waals surface area contributed by atoms with E-state index in [9.17, 15) is 32.7 Å². The Morgan fingerprint density at radius 1 is 0.935 bits per heavy atom. The van der Waals surface area contributed by atoms with Gasteiger partial charge in [0.15, 0.2) is 5.78 Å². The van der Waals surface area contributed by atoms with Crippen LogP contribution in [0.5, 0.6) is 0 Å². The highest BCUT2D eigenvalue weighted by Crippen LogP contribution is 2.70. The van der Waals surface area contributed by atoms with E-state index in [0.717, 1.165) is 16.7 Å². The molecule has 2 aromatic carbocycles. The maximum Gasteiger partial charge on any atom is 0.456 e. The minimum absolute atomic E-state index is 0.00496. The molecule has 0 heterocycles. The van der Waals surface area contributed by atoms with Gasteiger partial charge < -0.3 is 15.2 Å². The van der Waals surface area contributed by atoms with Gasteiger partial charge in [0.2, 0.25) is 0 Å². The van der Waals surface area contributed by atoms with E-state index < -0.39 is 53.2 Å². The van der Waals surface area contributed by atoms with Crippen molar-refractivity contribution in [3.05, 3.63) is 88.0 Å². The van der Waals surface area contributed by atoms with Crippen molar-refractivity contribution in [3.8, 4) is 0 Å². The number of esters is 1. The first-order valence-electron chi connectivity index (χ1n) is 15.3. The number of amides is 1. The normalized spacial score (nSPS) is 29.3. The summed E-state index contributed by atoms with van der Waals surface area (Å²) in [5, 5.41) is 14.2. The van der Waals surface area contributed by atoms with Crippen molar-refractivity contribution in [1.29, 1.82) is 0 Å². The van der Waals surface area contributed by atoms with Gasteiger partial charge in [0.25, 0.3) is 5.91 Å². The van der Waals surface area contributed by atoms with Crippen LogP contribution in [0.15, 0.2) is 71.3 Å². The number of carbonyl (C=O) groups excluding carboxylic acids is 3. The minimum atomic E-state index is -5.92. The van der Waals surface area contributed by atoms with Crippen LogP contribution in [0.2, 0.25) is 0 Å². The fourth-order valence-corrected chi connectivity index (χ4v) is 8.59. The predicted octanol–water partition coefficient (Wildman–Crippen LogP) is 7.55. The smallest absolute Gasteiger partial charge is 0.456 e. The Labute approximate surface area is 262 Å². The molecule has 6 rings (SSSR count). The quantitative estimate of drug-likeness (QED) is 0.259. The summed E-state index contributed by atoms with van der Waals surface area (Å²) in [6, 6.07) is 12.6. The lowest BCUT2D eigenvalue weighted by atomic mass is 9.50. The third-order valence-electron chi connectivity index (χ3n) is 10.9. The molecule has 0 aromatic heterocycles. The van der Waals surface area contributed by atoms with E-state index in [4.69, 9.17) is 0 Å². The molecule has 11 heteroatoms. The summed E-state index contributed by atoms with van der Waals surface area (Å²) in [7, 11) is 1.26. The number of anilines is 1. The lowest BCUT2D eigenvalue weighted by Crippen LogP contribution is -2.65. The molecule has 4 aliphatic carbocycles. The summed E-state index contributed by atoms with van der Waals surface area (Å²) < 4.78 is 76.5. The molecule has 0 spiro atoms. The SMILES string of the molecule is COC(=O)c1ccc(NC(=O)c2ccc([C@H]3CC4(C)[C@@H](CC[C@@]4(O)C(F)(F)C(F)(F)F)C4CCC5=CC(=O)CCC5=C43)cc2)cc1. The number of halogens is 5. The summed E-state index contributed by atoms with van der Waals surface area (Å²) in [5.74, 6) is -7.81. The van der Waals surface area contributed by atoms with Crippen molar-refractivity contribution in [1.82, 2.24) is 0 Å². The maximum absolute atomic E-state index is 15.2. The first-order chi connectivity index (χ1) is 21.6. The zero-order chi connectivity index (χ0) is 33.2. The first kappa shape index (κ1) is 32.1. The fourth-order valence-electron chi connectivity index (χ4n) is 8.59. The van der Waals surface area contributed by atoms with E-state index in [-0.39, 0.29) is 30.1 Å². The van der Waals surface area contributed by atoms with Crippen LogP contribution in [-0.2, 0) is 9.53 Å². The molecule has 0 saturated heterocycles. The van der Waals surface area contributed by atoms with Crippen LogP contribution in [-0.4, -0.2) is 47.6 Å². The molecule has 2 fully saturated rings. The Bertz CT molecular complexity index is 1640. The number of hydrogen-bond donors (Lipinski definition) is 2. The predicted molar refractivity (Wildman–Crippen MR) is 158 cm³/mol. The van der Waals surface area contributed by atoms with E-state index in [1.54, 1.807) is 42.5 Å². The highest BCUT2D eigenvalue weighted by Gasteiger charge is 2.79. The number of ketones is 1. The van der Waals surface area contributed by atoms with Gasteiger partial charge in [0, 0.05) is 29.0 Å².